The summed E-state index contributed by atoms with van der Waals surface area (Å²) in [7, 11) is 1.74. The number of hydrogen-bond donors (Lipinski definition) is 1. The van der Waals surface area contributed by atoms with Crippen LogP contribution in [0.1, 0.15) is 26.2 Å². The van der Waals surface area contributed by atoms with Crippen molar-refractivity contribution < 1.29 is 9.53 Å². The molecular weight excluding hydrogens is 180 g/mol. The van der Waals surface area contributed by atoms with Gasteiger partial charge in [-0.2, -0.15) is 0 Å². The lowest BCUT2D eigenvalue weighted by Gasteiger charge is -2.27. The van der Waals surface area contributed by atoms with Crippen molar-refractivity contribution in [3.05, 3.63) is 0 Å². The quantitative estimate of drug-likeness (QED) is 0.695. The molecule has 3 atom stereocenters. The molecule has 2 rings (SSSR count). The summed E-state index contributed by atoms with van der Waals surface area (Å²) in [5.41, 5.74) is 0. The molecule has 1 heterocycles. The molecule has 3 unspecified atom stereocenters. The summed E-state index contributed by atoms with van der Waals surface area (Å²) in [4.78, 5) is 13.7. The third-order valence-corrected chi connectivity index (χ3v) is 3.34. The Kier molecular flexibility index (Phi) is 2.74. The largest absolute Gasteiger partial charge is 0.379 e. The van der Waals surface area contributed by atoms with E-state index in [1.54, 1.807) is 7.11 Å². The number of carbonyl (C=O) groups excluding carboxylic acids is 1. The summed E-state index contributed by atoms with van der Waals surface area (Å²) in [6.07, 6.45) is 3.57. The summed E-state index contributed by atoms with van der Waals surface area (Å²) in [5.74, 6) is 0.221. The first kappa shape index (κ1) is 9.93. The van der Waals surface area contributed by atoms with Crippen LogP contribution in [0.2, 0.25) is 0 Å². The summed E-state index contributed by atoms with van der Waals surface area (Å²) < 4.78 is 5.40. The first-order valence-corrected chi connectivity index (χ1v) is 5.30. The van der Waals surface area contributed by atoms with Crippen LogP contribution in [0.3, 0.4) is 0 Å². The van der Waals surface area contributed by atoms with E-state index >= 15 is 0 Å². The standard InChI is InChI=1S/C10H18N2O2/c1-7-10(13)12(6-11-7)8-4-3-5-9(8)14-2/h7-9,11H,3-6H2,1-2H3. The highest BCUT2D eigenvalue weighted by atomic mass is 16.5. The smallest absolute Gasteiger partial charge is 0.240 e. The number of nitrogens with zero attached hydrogens (tertiary/aromatic N) is 1. The molecule has 1 amide bonds. The second kappa shape index (κ2) is 3.87. The van der Waals surface area contributed by atoms with Crippen molar-refractivity contribution in [3.8, 4) is 0 Å². The minimum Gasteiger partial charge on any atom is -0.379 e. The van der Waals surface area contributed by atoms with Crippen LogP contribution in [0.5, 0.6) is 0 Å². The van der Waals surface area contributed by atoms with Crippen molar-refractivity contribution in [2.45, 2.75) is 44.4 Å². The molecule has 1 aliphatic carbocycles. The van der Waals surface area contributed by atoms with Crippen molar-refractivity contribution in [3.63, 3.8) is 0 Å². The summed E-state index contributed by atoms with van der Waals surface area (Å²) in [6.45, 7) is 2.60. The Morgan fingerprint density at radius 3 is 2.86 bits per heavy atom. The highest BCUT2D eigenvalue weighted by molar-refractivity contribution is 5.83. The lowest BCUT2D eigenvalue weighted by molar-refractivity contribution is -0.132. The predicted octanol–water partition coefficient (Wildman–Crippen LogP) is 0.332. The van der Waals surface area contributed by atoms with Gasteiger partial charge >= 0.3 is 0 Å². The number of carbonyl (C=O) groups is 1. The number of amides is 1. The van der Waals surface area contributed by atoms with Crippen molar-refractivity contribution in [2.24, 2.45) is 0 Å². The molecule has 4 nitrogen and oxygen atoms in total. The first-order valence-electron chi connectivity index (χ1n) is 5.30. The molecule has 0 bridgehead atoms. The van der Waals surface area contributed by atoms with Crippen molar-refractivity contribution in [1.29, 1.82) is 0 Å². The summed E-state index contributed by atoms with van der Waals surface area (Å²) in [5, 5.41) is 3.16. The van der Waals surface area contributed by atoms with Crippen LogP contribution in [0, 0.1) is 0 Å². The number of methoxy groups -OCH3 is 1. The molecule has 4 heteroatoms. The molecule has 0 aromatic rings. The Morgan fingerprint density at radius 1 is 1.50 bits per heavy atom. The highest BCUT2D eigenvalue weighted by Crippen LogP contribution is 2.27. The van der Waals surface area contributed by atoms with E-state index < -0.39 is 0 Å². The van der Waals surface area contributed by atoms with Gasteiger partial charge < -0.3 is 9.64 Å². The van der Waals surface area contributed by atoms with Crippen LogP contribution in [-0.2, 0) is 9.53 Å². The monoisotopic (exact) mass is 198 g/mol. The maximum Gasteiger partial charge on any atom is 0.240 e. The van der Waals surface area contributed by atoms with E-state index in [4.69, 9.17) is 4.74 Å². The van der Waals surface area contributed by atoms with Crippen molar-refractivity contribution >= 4 is 5.91 Å². The molecule has 0 spiro atoms. The van der Waals surface area contributed by atoms with Gasteiger partial charge in [-0.1, -0.05) is 0 Å². The zero-order valence-electron chi connectivity index (χ0n) is 8.82. The number of nitrogens with one attached hydrogen (secondary N) is 1. The van der Waals surface area contributed by atoms with Gasteiger partial charge in [-0.05, 0) is 26.2 Å². The van der Waals surface area contributed by atoms with Crippen molar-refractivity contribution in [1.82, 2.24) is 10.2 Å². The van der Waals surface area contributed by atoms with E-state index in [9.17, 15) is 4.79 Å². The molecule has 2 fully saturated rings. The maximum atomic E-state index is 11.8. The van der Waals surface area contributed by atoms with E-state index in [-0.39, 0.29) is 18.1 Å². The number of hydrogen-bond acceptors (Lipinski definition) is 3. The number of rotatable bonds is 2. The molecule has 1 saturated heterocycles. The van der Waals surface area contributed by atoms with Gasteiger partial charge in [-0.15, -0.1) is 0 Å². The van der Waals surface area contributed by atoms with Crippen LogP contribution in [0.4, 0.5) is 0 Å². The van der Waals surface area contributed by atoms with Crippen LogP contribution in [0.25, 0.3) is 0 Å². The lowest BCUT2D eigenvalue weighted by Crippen LogP contribution is -2.43. The van der Waals surface area contributed by atoms with Crippen LogP contribution < -0.4 is 5.32 Å². The van der Waals surface area contributed by atoms with Gasteiger partial charge in [0.05, 0.1) is 24.9 Å². The zero-order chi connectivity index (χ0) is 10.1. The van der Waals surface area contributed by atoms with Gasteiger partial charge in [0.25, 0.3) is 0 Å². The molecule has 0 radical (unpaired) electrons. The van der Waals surface area contributed by atoms with Gasteiger partial charge in [-0.3, -0.25) is 10.1 Å². The predicted molar refractivity (Wildman–Crippen MR) is 52.7 cm³/mol. The lowest BCUT2D eigenvalue weighted by atomic mass is 10.2. The Hall–Kier alpha value is -0.610. The molecule has 1 N–H and O–H groups in total. The van der Waals surface area contributed by atoms with Gasteiger partial charge in [0.1, 0.15) is 0 Å². The Labute approximate surface area is 84.6 Å². The Balaban J connectivity index is 2.04. The fraction of sp³-hybridized carbons (Fsp3) is 0.900. The van der Waals surface area contributed by atoms with E-state index in [2.05, 4.69) is 5.32 Å². The van der Waals surface area contributed by atoms with Crippen LogP contribution >= 0.6 is 0 Å². The fourth-order valence-electron chi connectivity index (χ4n) is 2.47. The highest BCUT2D eigenvalue weighted by Gasteiger charge is 2.39. The molecule has 2 aliphatic rings. The molecule has 0 aromatic carbocycles. The van der Waals surface area contributed by atoms with E-state index in [0.29, 0.717) is 12.7 Å². The van der Waals surface area contributed by atoms with Gasteiger partial charge in [0, 0.05) is 7.11 Å². The van der Waals surface area contributed by atoms with Crippen molar-refractivity contribution in [2.75, 3.05) is 13.8 Å². The van der Waals surface area contributed by atoms with E-state index in [1.165, 1.54) is 6.42 Å². The first-order chi connectivity index (χ1) is 6.74. The minimum absolute atomic E-state index is 0.0203. The Morgan fingerprint density at radius 2 is 2.29 bits per heavy atom. The summed E-state index contributed by atoms with van der Waals surface area (Å²) in [6, 6.07) is 0.276. The van der Waals surface area contributed by atoms with Gasteiger partial charge in [-0.25, -0.2) is 0 Å². The SMILES string of the molecule is COC1CCCC1N1CNC(C)C1=O. The average Bonchev–Trinajstić information content (AvgIpc) is 2.75. The van der Waals surface area contributed by atoms with Crippen LogP contribution in [0.15, 0.2) is 0 Å². The average molecular weight is 198 g/mol. The number of ether oxygens (including phenoxy) is 1. The zero-order valence-corrected chi connectivity index (χ0v) is 8.82. The second-order valence-electron chi connectivity index (χ2n) is 4.16. The molecule has 0 aromatic heterocycles. The molecule has 80 valence electrons. The third-order valence-electron chi connectivity index (χ3n) is 3.34. The summed E-state index contributed by atoms with van der Waals surface area (Å²) >= 11 is 0. The normalized spacial score (nSPS) is 38.3. The van der Waals surface area contributed by atoms with Crippen LogP contribution in [-0.4, -0.2) is 42.8 Å². The molecule has 1 aliphatic heterocycles. The van der Waals surface area contributed by atoms with E-state index in [1.807, 2.05) is 11.8 Å². The Bertz CT molecular complexity index is 232. The van der Waals surface area contributed by atoms with E-state index in [0.717, 1.165) is 12.8 Å². The van der Waals surface area contributed by atoms with Gasteiger partial charge in [0.15, 0.2) is 0 Å². The second-order valence-corrected chi connectivity index (χ2v) is 4.16. The molecule has 1 saturated carbocycles. The molecular formula is C10H18N2O2. The van der Waals surface area contributed by atoms with Gasteiger partial charge in [0.2, 0.25) is 5.91 Å². The minimum atomic E-state index is -0.0203. The topological polar surface area (TPSA) is 41.6 Å². The molecule has 14 heavy (non-hydrogen) atoms. The fourth-order valence-corrected chi connectivity index (χ4v) is 2.47. The third kappa shape index (κ3) is 1.53. The maximum absolute atomic E-state index is 11.8.